The van der Waals surface area contributed by atoms with E-state index in [1.807, 2.05) is 30.9 Å². The minimum absolute atomic E-state index is 0.787. The lowest BCUT2D eigenvalue weighted by Gasteiger charge is -2.22. The van der Waals surface area contributed by atoms with Crippen molar-refractivity contribution in [3.05, 3.63) is 35.5 Å². The molecule has 4 nitrogen and oxygen atoms in total. The summed E-state index contributed by atoms with van der Waals surface area (Å²) in [4.78, 5) is 2.11. The summed E-state index contributed by atoms with van der Waals surface area (Å²) in [5.74, 6) is 0.956. The zero-order valence-electron chi connectivity index (χ0n) is 12.1. The molecule has 0 spiro atoms. The third-order valence-corrected chi connectivity index (χ3v) is 3.41. The molecule has 19 heavy (non-hydrogen) atoms. The first kappa shape index (κ1) is 13.5. The molecule has 1 aromatic heterocycles. The summed E-state index contributed by atoms with van der Waals surface area (Å²) in [6.07, 6.45) is 1.97. The molecule has 0 atom stereocenters. The largest absolute Gasteiger partial charge is 0.394 e. The Morgan fingerprint density at radius 2 is 2.00 bits per heavy atom. The molecule has 4 heteroatoms. The fourth-order valence-corrected chi connectivity index (χ4v) is 2.46. The Morgan fingerprint density at radius 1 is 1.32 bits per heavy atom. The predicted octanol–water partition coefficient (Wildman–Crippen LogP) is 3.03. The normalized spacial score (nSPS) is 10.7. The number of nitrogen functional groups attached to an aromatic ring is 1. The zero-order valence-corrected chi connectivity index (χ0v) is 12.1. The van der Waals surface area contributed by atoms with Gasteiger partial charge in [0.05, 0.1) is 11.4 Å². The summed E-state index contributed by atoms with van der Waals surface area (Å²) in [5.41, 5.74) is 10.4. The van der Waals surface area contributed by atoms with Crippen LogP contribution >= 0.6 is 0 Å². The van der Waals surface area contributed by atoms with Gasteiger partial charge in [0, 0.05) is 19.8 Å². The van der Waals surface area contributed by atoms with E-state index in [0.29, 0.717) is 0 Å². The van der Waals surface area contributed by atoms with Crippen LogP contribution in [0.1, 0.15) is 24.6 Å². The second-order valence-electron chi connectivity index (χ2n) is 4.90. The molecule has 0 amide bonds. The number of nitrogens with zero attached hydrogens (tertiary/aromatic N) is 3. The average Bonchev–Trinajstić information content (AvgIpc) is 2.65. The number of aromatic nitrogens is 2. The topological polar surface area (TPSA) is 47.1 Å². The molecule has 2 rings (SSSR count). The van der Waals surface area contributed by atoms with Gasteiger partial charge in [-0.05, 0) is 25.0 Å². The van der Waals surface area contributed by atoms with E-state index in [0.717, 1.165) is 35.7 Å². The highest BCUT2D eigenvalue weighted by molar-refractivity contribution is 5.74. The minimum Gasteiger partial charge on any atom is -0.394 e. The highest BCUT2D eigenvalue weighted by Gasteiger charge is 2.18. The molecule has 0 saturated heterocycles. The second kappa shape index (κ2) is 5.34. The highest BCUT2D eigenvalue weighted by atomic mass is 15.4. The Labute approximate surface area is 114 Å². The number of para-hydroxylation sites is 1. The van der Waals surface area contributed by atoms with Crippen molar-refractivity contribution in [2.45, 2.75) is 26.7 Å². The van der Waals surface area contributed by atoms with Gasteiger partial charge in [-0.3, -0.25) is 4.68 Å². The quantitative estimate of drug-likeness (QED) is 0.917. The van der Waals surface area contributed by atoms with Crippen molar-refractivity contribution < 1.29 is 0 Å². The SMILES string of the molecule is CCCc1nn(C)c(N(C)c2ccccc2C)c1N. The van der Waals surface area contributed by atoms with Gasteiger partial charge in [0.25, 0.3) is 0 Å². The van der Waals surface area contributed by atoms with E-state index in [1.165, 1.54) is 5.56 Å². The van der Waals surface area contributed by atoms with Crippen molar-refractivity contribution in [2.24, 2.45) is 7.05 Å². The molecule has 0 aliphatic rings. The Bertz CT molecular complexity index is 572. The molecule has 2 aromatic rings. The van der Waals surface area contributed by atoms with Gasteiger partial charge in [-0.15, -0.1) is 0 Å². The van der Waals surface area contributed by atoms with E-state index in [9.17, 15) is 0 Å². The molecular formula is C15H22N4. The maximum absolute atomic E-state index is 6.25. The molecule has 0 radical (unpaired) electrons. The second-order valence-corrected chi connectivity index (χ2v) is 4.90. The lowest BCUT2D eigenvalue weighted by atomic mass is 10.1. The van der Waals surface area contributed by atoms with Gasteiger partial charge >= 0.3 is 0 Å². The number of hydrogen-bond acceptors (Lipinski definition) is 3. The fraction of sp³-hybridized carbons (Fsp3) is 0.400. The monoisotopic (exact) mass is 258 g/mol. The standard InChI is InChI=1S/C15H22N4/c1-5-8-12-14(16)15(19(4)17-12)18(3)13-10-7-6-9-11(13)2/h6-7,9-10H,5,8,16H2,1-4H3. The summed E-state index contributed by atoms with van der Waals surface area (Å²) < 4.78 is 1.87. The van der Waals surface area contributed by atoms with Gasteiger partial charge in [0.2, 0.25) is 0 Å². The molecular weight excluding hydrogens is 236 g/mol. The third-order valence-electron chi connectivity index (χ3n) is 3.41. The molecule has 1 aromatic carbocycles. The summed E-state index contributed by atoms with van der Waals surface area (Å²) in [6, 6.07) is 8.28. The predicted molar refractivity (Wildman–Crippen MR) is 80.9 cm³/mol. The van der Waals surface area contributed by atoms with Crippen molar-refractivity contribution in [3.63, 3.8) is 0 Å². The van der Waals surface area contributed by atoms with Crippen LogP contribution in [-0.4, -0.2) is 16.8 Å². The van der Waals surface area contributed by atoms with Gasteiger partial charge in [-0.2, -0.15) is 5.10 Å². The van der Waals surface area contributed by atoms with E-state index in [4.69, 9.17) is 5.73 Å². The first-order valence-corrected chi connectivity index (χ1v) is 6.67. The van der Waals surface area contributed by atoms with Crippen LogP contribution < -0.4 is 10.6 Å². The molecule has 102 valence electrons. The van der Waals surface area contributed by atoms with Crippen LogP contribution in [0.5, 0.6) is 0 Å². The van der Waals surface area contributed by atoms with Crippen LogP contribution in [0.3, 0.4) is 0 Å². The molecule has 1 heterocycles. The Kier molecular flexibility index (Phi) is 3.79. The molecule has 0 bridgehead atoms. The Morgan fingerprint density at radius 3 is 2.63 bits per heavy atom. The van der Waals surface area contributed by atoms with Crippen LogP contribution in [0.4, 0.5) is 17.2 Å². The number of rotatable bonds is 4. The summed E-state index contributed by atoms with van der Waals surface area (Å²) in [5, 5.41) is 4.53. The van der Waals surface area contributed by atoms with Crippen LogP contribution in [-0.2, 0) is 13.5 Å². The lowest BCUT2D eigenvalue weighted by Crippen LogP contribution is -2.16. The van der Waals surface area contributed by atoms with Gasteiger partial charge in [-0.1, -0.05) is 31.5 Å². The van der Waals surface area contributed by atoms with Gasteiger partial charge in [0.1, 0.15) is 0 Å². The first-order chi connectivity index (χ1) is 9.06. The third kappa shape index (κ3) is 2.43. The van der Waals surface area contributed by atoms with Crippen LogP contribution in [0.2, 0.25) is 0 Å². The van der Waals surface area contributed by atoms with Crippen molar-refractivity contribution in [3.8, 4) is 0 Å². The summed E-state index contributed by atoms with van der Waals surface area (Å²) in [6.45, 7) is 4.24. The van der Waals surface area contributed by atoms with Crippen molar-refractivity contribution in [1.29, 1.82) is 0 Å². The van der Waals surface area contributed by atoms with E-state index in [1.54, 1.807) is 0 Å². The van der Waals surface area contributed by atoms with Gasteiger partial charge < -0.3 is 10.6 Å². The number of nitrogens with two attached hydrogens (primary N) is 1. The number of benzene rings is 1. The molecule has 0 fully saturated rings. The average molecular weight is 258 g/mol. The van der Waals surface area contributed by atoms with E-state index in [2.05, 4.69) is 36.0 Å². The van der Waals surface area contributed by atoms with Crippen LogP contribution in [0.25, 0.3) is 0 Å². The van der Waals surface area contributed by atoms with Crippen LogP contribution in [0.15, 0.2) is 24.3 Å². The molecule has 0 saturated carbocycles. The smallest absolute Gasteiger partial charge is 0.154 e. The molecule has 0 aliphatic carbocycles. The minimum atomic E-state index is 0.787. The molecule has 0 aliphatic heterocycles. The van der Waals surface area contributed by atoms with Gasteiger partial charge in [-0.25, -0.2) is 0 Å². The molecule has 0 unspecified atom stereocenters. The van der Waals surface area contributed by atoms with E-state index in [-0.39, 0.29) is 0 Å². The first-order valence-electron chi connectivity index (χ1n) is 6.67. The van der Waals surface area contributed by atoms with Gasteiger partial charge in [0.15, 0.2) is 5.82 Å². The molecule has 2 N–H and O–H groups in total. The summed E-state index contributed by atoms with van der Waals surface area (Å²) in [7, 11) is 3.98. The number of aryl methyl sites for hydroxylation is 3. The van der Waals surface area contributed by atoms with Crippen molar-refractivity contribution in [2.75, 3.05) is 17.7 Å². The highest BCUT2D eigenvalue weighted by Crippen LogP contribution is 2.32. The summed E-state index contributed by atoms with van der Waals surface area (Å²) >= 11 is 0. The lowest BCUT2D eigenvalue weighted by molar-refractivity contribution is 0.729. The van der Waals surface area contributed by atoms with E-state index >= 15 is 0 Å². The maximum atomic E-state index is 6.25. The fourth-order valence-electron chi connectivity index (χ4n) is 2.46. The van der Waals surface area contributed by atoms with Crippen molar-refractivity contribution in [1.82, 2.24) is 9.78 Å². The zero-order chi connectivity index (χ0) is 14.0. The number of hydrogen-bond donors (Lipinski definition) is 1. The van der Waals surface area contributed by atoms with Crippen molar-refractivity contribution >= 4 is 17.2 Å². The Balaban J connectivity index is 2.45. The Hall–Kier alpha value is -1.97. The van der Waals surface area contributed by atoms with Crippen LogP contribution in [0, 0.1) is 6.92 Å². The number of anilines is 3. The maximum Gasteiger partial charge on any atom is 0.154 e. The van der Waals surface area contributed by atoms with E-state index < -0.39 is 0 Å².